The zero-order valence-electron chi connectivity index (χ0n) is 17.4. The second-order valence-electron chi connectivity index (χ2n) is 7.25. The number of rotatable bonds is 8. The molecule has 0 fully saturated rings. The van der Waals surface area contributed by atoms with Crippen LogP contribution in [0, 0.1) is 0 Å². The van der Waals surface area contributed by atoms with Crippen molar-refractivity contribution in [1.82, 2.24) is 14.7 Å². The zero-order chi connectivity index (χ0) is 21.7. The lowest BCUT2D eigenvalue weighted by Crippen LogP contribution is -2.21. The summed E-state index contributed by atoms with van der Waals surface area (Å²) in [5, 5.41) is 5.79. The van der Waals surface area contributed by atoms with Crippen molar-refractivity contribution in [3.05, 3.63) is 64.3 Å². The lowest BCUT2D eigenvalue weighted by atomic mass is 10.1. The third-order valence-corrected chi connectivity index (χ3v) is 5.60. The third kappa shape index (κ3) is 5.35. The molecule has 1 aromatic heterocycles. The molecule has 2 aromatic carbocycles. The molecule has 0 aliphatic rings. The van der Waals surface area contributed by atoms with Crippen LogP contribution < -0.4 is 4.74 Å². The van der Waals surface area contributed by atoms with E-state index in [2.05, 4.69) is 6.07 Å². The predicted molar refractivity (Wildman–Crippen MR) is 122 cm³/mol. The molecule has 3 aromatic rings. The molecule has 0 unspecified atom stereocenters. The van der Waals surface area contributed by atoms with Gasteiger partial charge in [-0.15, -0.1) is 0 Å². The van der Waals surface area contributed by atoms with Crippen LogP contribution in [0.1, 0.15) is 25.0 Å². The second-order valence-corrected chi connectivity index (χ2v) is 8.07. The van der Waals surface area contributed by atoms with E-state index in [0.29, 0.717) is 16.5 Å². The van der Waals surface area contributed by atoms with Gasteiger partial charge in [0.25, 0.3) is 0 Å². The summed E-state index contributed by atoms with van der Waals surface area (Å²) in [5.41, 5.74) is 3.77. The number of ether oxygens (including phenoxy) is 1. The van der Waals surface area contributed by atoms with E-state index in [4.69, 9.17) is 33.0 Å². The first-order valence-electron chi connectivity index (χ1n) is 9.78. The minimum absolute atomic E-state index is 0.148. The molecule has 7 heteroatoms. The first-order valence-corrected chi connectivity index (χ1v) is 10.5. The van der Waals surface area contributed by atoms with Crippen LogP contribution in [0.15, 0.2) is 48.5 Å². The van der Waals surface area contributed by atoms with Crippen LogP contribution in [0.2, 0.25) is 10.0 Å². The number of methoxy groups -OCH3 is 1. The van der Waals surface area contributed by atoms with Crippen LogP contribution in [0.25, 0.3) is 16.9 Å². The van der Waals surface area contributed by atoms with Crippen molar-refractivity contribution in [2.75, 3.05) is 21.2 Å². The number of unbranched alkanes of at least 4 members (excludes halogenated alkanes) is 1. The van der Waals surface area contributed by atoms with Gasteiger partial charge in [-0.1, -0.05) is 23.2 Å². The number of aromatic nitrogens is 2. The van der Waals surface area contributed by atoms with Gasteiger partial charge in [0.05, 0.1) is 34.2 Å². The number of aryl methyl sites for hydroxylation is 1. The van der Waals surface area contributed by atoms with Crippen molar-refractivity contribution in [3.8, 4) is 22.7 Å². The van der Waals surface area contributed by atoms with E-state index in [1.54, 1.807) is 32.2 Å². The second kappa shape index (κ2) is 10.0. The predicted octanol–water partition coefficient (Wildman–Crippen LogP) is 5.66. The molecule has 0 atom stereocenters. The molecule has 0 spiro atoms. The van der Waals surface area contributed by atoms with Crippen LogP contribution in [0.4, 0.5) is 0 Å². The number of nitrogens with zero attached hydrogens (tertiary/aromatic N) is 3. The van der Waals surface area contributed by atoms with Gasteiger partial charge < -0.3 is 9.64 Å². The fourth-order valence-electron chi connectivity index (χ4n) is 3.14. The normalized spacial score (nSPS) is 10.8. The van der Waals surface area contributed by atoms with Gasteiger partial charge in [-0.3, -0.25) is 4.79 Å². The summed E-state index contributed by atoms with van der Waals surface area (Å²) in [6, 6.07) is 15.4. The van der Waals surface area contributed by atoms with Crippen molar-refractivity contribution < 1.29 is 9.53 Å². The summed E-state index contributed by atoms with van der Waals surface area (Å²) in [6.45, 7) is 0. The van der Waals surface area contributed by atoms with Gasteiger partial charge in [0.15, 0.2) is 0 Å². The Labute approximate surface area is 187 Å². The zero-order valence-corrected chi connectivity index (χ0v) is 18.9. The molecule has 0 aliphatic carbocycles. The Morgan fingerprint density at radius 1 is 1.03 bits per heavy atom. The van der Waals surface area contributed by atoms with Gasteiger partial charge in [0.1, 0.15) is 5.75 Å². The molecule has 0 saturated carbocycles. The number of amides is 1. The molecule has 3 rings (SSSR count). The Morgan fingerprint density at radius 2 is 1.77 bits per heavy atom. The fourth-order valence-corrected chi connectivity index (χ4v) is 3.43. The van der Waals surface area contributed by atoms with Crippen LogP contribution in [0.3, 0.4) is 0 Å². The number of carbonyl (C=O) groups is 1. The average Bonchev–Trinajstić information content (AvgIpc) is 3.17. The molecule has 0 N–H and O–H groups in total. The number of carbonyl (C=O) groups excluding carboxylic acids is 1. The first kappa shape index (κ1) is 22.2. The highest BCUT2D eigenvalue weighted by Crippen LogP contribution is 2.30. The van der Waals surface area contributed by atoms with Gasteiger partial charge in [-0.05, 0) is 67.8 Å². The van der Waals surface area contributed by atoms with Gasteiger partial charge in [0.2, 0.25) is 5.91 Å². The van der Waals surface area contributed by atoms with E-state index in [1.807, 2.05) is 41.1 Å². The number of halogens is 2. The van der Waals surface area contributed by atoms with E-state index in [0.717, 1.165) is 47.7 Å². The fraction of sp³-hybridized carbons (Fsp3) is 0.304. The minimum atomic E-state index is 0.148. The molecule has 1 heterocycles. The molecule has 30 heavy (non-hydrogen) atoms. The molecule has 5 nitrogen and oxygen atoms in total. The first-order chi connectivity index (χ1) is 14.4. The molecular formula is C23H25Cl2N3O2. The Bertz CT molecular complexity index is 1010. The van der Waals surface area contributed by atoms with Crippen molar-refractivity contribution in [3.63, 3.8) is 0 Å². The maximum atomic E-state index is 11.8. The van der Waals surface area contributed by atoms with E-state index in [-0.39, 0.29) is 5.91 Å². The molecular weight excluding hydrogens is 421 g/mol. The quantitative estimate of drug-likeness (QED) is 0.420. The van der Waals surface area contributed by atoms with E-state index in [9.17, 15) is 4.79 Å². The highest BCUT2D eigenvalue weighted by Gasteiger charge is 2.14. The van der Waals surface area contributed by atoms with Crippen LogP contribution in [-0.2, 0) is 11.2 Å². The largest absolute Gasteiger partial charge is 0.497 e. The summed E-state index contributed by atoms with van der Waals surface area (Å²) in [4.78, 5) is 13.4. The topological polar surface area (TPSA) is 47.4 Å². The molecule has 1 amide bonds. The standard InChI is InChI=1S/C23H25Cl2N3O2/c1-27(2)23(29)7-5-4-6-17-14-22(16-8-11-19(30-3)12-9-16)28(26-17)18-10-13-20(24)21(25)15-18/h8-15H,4-7H2,1-3H3. The van der Waals surface area contributed by atoms with E-state index < -0.39 is 0 Å². The Kier molecular flexibility index (Phi) is 7.40. The van der Waals surface area contributed by atoms with Crippen LogP contribution in [0.5, 0.6) is 5.75 Å². The lowest BCUT2D eigenvalue weighted by Gasteiger charge is -2.09. The molecule has 0 radical (unpaired) electrons. The summed E-state index contributed by atoms with van der Waals surface area (Å²) in [7, 11) is 5.21. The van der Waals surface area contributed by atoms with E-state index >= 15 is 0 Å². The van der Waals surface area contributed by atoms with Crippen LogP contribution >= 0.6 is 23.2 Å². The van der Waals surface area contributed by atoms with Crippen molar-refractivity contribution in [2.24, 2.45) is 0 Å². The molecule has 0 aliphatic heterocycles. The Hall–Kier alpha value is -2.50. The van der Waals surface area contributed by atoms with Gasteiger partial charge in [-0.2, -0.15) is 5.10 Å². The number of hydrogen-bond donors (Lipinski definition) is 0. The monoisotopic (exact) mass is 445 g/mol. The smallest absolute Gasteiger partial charge is 0.222 e. The van der Waals surface area contributed by atoms with Crippen molar-refractivity contribution >= 4 is 29.1 Å². The SMILES string of the molecule is COc1ccc(-c2cc(CCCCC(=O)N(C)C)nn2-c2ccc(Cl)c(Cl)c2)cc1. The average molecular weight is 446 g/mol. The minimum Gasteiger partial charge on any atom is -0.497 e. The Morgan fingerprint density at radius 3 is 2.40 bits per heavy atom. The highest BCUT2D eigenvalue weighted by molar-refractivity contribution is 6.42. The van der Waals surface area contributed by atoms with Gasteiger partial charge in [0, 0.05) is 26.1 Å². The summed E-state index contributed by atoms with van der Waals surface area (Å²) in [5.74, 6) is 0.945. The number of hydrogen-bond acceptors (Lipinski definition) is 3. The van der Waals surface area contributed by atoms with Gasteiger partial charge >= 0.3 is 0 Å². The summed E-state index contributed by atoms with van der Waals surface area (Å²) < 4.78 is 7.15. The number of benzene rings is 2. The molecule has 0 saturated heterocycles. The summed E-state index contributed by atoms with van der Waals surface area (Å²) >= 11 is 12.3. The third-order valence-electron chi connectivity index (χ3n) is 4.87. The molecule has 0 bridgehead atoms. The molecule has 158 valence electrons. The van der Waals surface area contributed by atoms with E-state index in [1.165, 1.54) is 0 Å². The van der Waals surface area contributed by atoms with Crippen molar-refractivity contribution in [1.29, 1.82) is 0 Å². The van der Waals surface area contributed by atoms with Crippen LogP contribution in [-0.4, -0.2) is 41.8 Å². The Balaban J connectivity index is 1.87. The maximum Gasteiger partial charge on any atom is 0.222 e. The summed E-state index contributed by atoms with van der Waals surface area (Å²) in [6.07, 6.45) is 3.05. The van der Waals surface area contributed by atoms with Gasteiger partial charge in [-0.25, -0.2) is 4.68 Å². The highest BCUT2D eigenvalue weighted by atomic mass is 35.5. The lowest BCUT2D eigenvalue weighted by molar-refractivity contribution is -0.128. The maximum absolute atomic E-state index is 11.8. The van der Waals surface area contributed by atoms with Crippen molar-refractivity contribution in [2.45, 2.75) is 25.7 Å².